The summed E-state index contributed by atoms with van der Waals surface area (Å²) in [6.07, 6.45) is 0.985. The highest BCUT2D eigenvalue weighted by Gasteiger charge is 2.16. The summed E-state index contributed by atoms with van der Waals surface area (Å²) in [5.41, 5.74) is 2.90. The van der Waals surface area contributed by atoms with Crippen LogP contribution in [0.15, 0.2) is 58.7 Å². The molecular formula is C20H16N4O2S. The maximum absolute atomic E-state index is 12.6. The molecule has 1 amide bonds. The Bertz CT molecular complexity index is 1180. The minimum absolute atomic E-state index is 0.161. The second-order valence-corrected chi connectivity index (χ2v) is 6.85. The van der Waals surface area contributed by atoms with Crippen molar-refractivity contribution in [2.24, 2.45) is 0 Å². The molecule has 134 valence electrons. The van der Waals surface area contributed by atoms with Crippen LogP contribution in [0, 0.1) is 0 Å². The van der Waals surface area contributed by atoms with Crippen LogP contribution in [-0.2, 0) is 6.42 Å². The molecule has 0 aliphatic heterocycles. The number of amides is 1. The maximum Gasteiger partial charge on any atom is 0.278 e. The number of H-pyrrole nitrogens is 1. The van der Waals surface area contributed by atoms with Crippen molar-refractivity contribution in [3.8, 4) is 11.3 Å². The molecule has 2 N–H and O–H groups in total. The smallest absolute Gasteiger partial charge is 0.278 e. The number of hydrogen-bond donors (Lipinski definition) is 2. The third-order valence-corrected chi connectivity index (χ3v) is 5.05. The predicted molar refractivity (Wildman–Crippen MR) is 107 cm³/mol. The van der Waals surface area contributed by atoms with E-state index in [2.05, 4.69) is 39.6 Å². The third kappa shape index (κ3) is 3.37. The molecule has 0 bridgehead atoms. The number of aryl methyl sites for hydroxylation is 1. The standard InChI is InChI=1S/C20H16N4O2S/c1-2-12-7-9-13(10-8-12)16-11-27-20(21-16)22-19(26)17-14-5-3-4-6-15(14)18(25)24-23-17/h3-11H,2H2,1H3,(H,24,25)(H,21,22,26). The van der Waals surface area contributed by atoms with Crippen molar-refractivity contribution >= 4 is 33.1 Å². The van der Waals surface area contributed by atoms with Gasteiger partial charge in [-0.1, -0.05) is 49.4 Å². The van der Waals surface area contributed by atoms with Crippen molar-refractivity contribution in [1.29, 1.82) is 0 Å². The summed E-state index contributed by atoms with van der Waals surface area (Å²) < 4.78 is 0. The van der Waals surface area contributed by atoms with E-state index in [0.29, 0.717) is 15.9 Å². The third-order valence-electron chi connectivity index (χ3n) is 4.29. The van der Waals surface area contributed by atoms with E-state index in [4.69, 9.17) is 0 Å². The van der Waals surface area contributed by atoms with Crippen LogP contribution < -0.4 is 10.9 Å². The maximum atomic E-state index is 12.6. The Labute approximate surface area is 158 Å². The van der Waals surface area contributed by atoms with Crippen LogP contribution in [0.4, 0.5) is 5.13 Å². The molecule has 0 unspecified atom stereocenters. The average Bonchev–Trinajstić information content (AvgIpc) is 3.17. The monoisotopic (exact) mass is 376 g/mol. The second-order valence-electron chi connectivity index (χ2n) is 5.99. The van der Waals surface area contributed by atoms with Crippen LogP contribution in [-0.4, -0.2) is 21.1 Å². The number of nitrogens with one attached hydrogen (secondary N) is 2. The number of nitrogens with zero attached hydrogens (tertiary/aromatic N) is 2. The van der Waals surface area contributed by atoms with Gasteiger partial charge in [0.1, 0.15) is 0 Å². The Morgan fingerprint density at radius 1 is 1.11 bits per heavy atom. The van der Waals surface area contributed by atoms with Gasteiger partial charge in [-0.2, -0.15) is 5.10 Å². The first-order valence-corrected chi connectivity index (χ1v) is 9.37. The summed E-state index contributed by atoms with van der Waals surface area (Å²) >= 11 is 1.34. The minimum atomic E-state index is -0.412. The fourth-order valence-corrected chi connectivity index (χ4v) is 3.53. The quantitative estimate of drug-likeness (QED) is 0.566. The molecule has 2 aromatic carbocycles. The van der Waals surface area contributed by atoms with Crippen molar-refractivity contribution in [3.05, 3.63) is 75.5 Å². The molecule has 0 spiro atoms. The van der Waals surface area contributed by atoms with E-state index in [9.17, 15) is 9.59 Å². The zero-order valence-corrected chi connectivity index (χ0v) is 15.3. The number of anilines is 1. The lowest BCUT2D eigenvalue weighted by Gasteiger charge is -2.04. The lowest BCUT2D eigenvalue weighted by atomic mass is 10.1. The molecule has 7 heteroatoms. The fraction of sp³-hybridized carbons (Fsp3) is 0.100. The number of benzene rings is 2. The second kappa shape index (κ2) is 7.13. The first-order valence-electron chi connectivity index (χ1n) is 8.49. The van der Waals surface area contributed by atoms with Gasteiger partial charge in [0.05, 0.1) is 11.1 Å². The Kier molecular flexibility index (Phi) is 4.52. The molecule has 0 saturated heterocycles. The summed E-state index contributed by atoms with van der Waals surface area (Å²) in [7, 11) is 0. The molecule has 0 atom stereocenters. The molecule has 0 radical (unpaired) electrons. The van der Waals surface area contributed by atoms with Crippen LogP contribution in [0.5, 0.6) is 0 Å². The number of rotatable bonds is 4. The summed E-state index contributed by atoms with van der Waals surface area (Å²) in [4.78, 5) is 29.0. The average molecular weight is 376 g/mol. The normalized spacial score (nSPS) is 10.9. The van der Waals surface area contributed by atoms with Crippen molar-refractivity contribution < 1.29 is 4.79 Å². The van der Waals surface area contributed by atoms with Gasteiger partial charge in [-0.15, -0.1) is 11.3 Å². The van der Waals surface area contributed by atoms with Gasteiger partial charge in [0, 0.05) is 16.3 Å². The molecule has 0 aliphatic carbocycles. The van der Waals surface area contributed by atoms with Crippen molar-refractivity contribution in [2.75, 3.05) is 5.32 Å². The largest absolute Gasteiger partial charge is 0.296 e. The highest BCUT2D eigenvalue weighted by Crippen LogP contribution is 2.26. The molecule has 0 fully saturated rings. The molecule has 0 saturated carbocycles. The van der Waals surface area contributed by atoms with E-state index in [1.807, 2.05) is 17.5 Å². The first-order chi connectivity index (χ1) is 13.2. The molecule has 4 aromatic rings. The Morgan fingerprint density at radius 3 is 2.59 bits per heavy atom. The minimum Gasteiger partial charge on any atom is -0.296 e. The first kappa shape index (κ1) is 17.1. The predicted octanol–water partition coefficient (Wildman–Crippen LogP) is 3.86. The lowest BCUT2D eigenvalue weighted by molar-refractivity contribution is 0.102. The van der Waals surface area contributed by atoms with Gasteiger partial charge in [-0.25, -0.2) is 10.1 Å². The molecule has 0 aliphatic rings. The van der Waals surface area contributed by atoms with Crippen LogP contribution in [0.25, 0.3) is 22.0 Å². The highest BCUT2D eigenvalue weighted by molar-refractivity contribution is 7.14. The summed E-state index contributed by atoms with van der Waals surface area (Å²) in [6, 6.07) is 15.1. The van der Waals surface area contributed by atoms with Crippen LogP contribution in [0.3, 0.4) is 0 Å². The topological polar surface area (TPSA) is 87.7 Å². The molecule has 2 heterocycles. The summed E-state index contributed by atoms with van der Waals surface area (Å²) in [5, 5.41) is 12.4. The number of fused-ring (bicyclic) bond motifs is 1. The van der Waals surface area contributed by atoms with E-state index in [1.54, 1.807) is 24.3 Å². The van der Waals surface area contributed by atoms with E-state index in [1.165, 1.54) is 16.9 Å². The SMILES string of the molecule is CCc1ccc(-c2csc(NC(=O)c3n[nH]c(=O)c4ccccc34)n2)cc1. The van der Waals surface area contributed by atoms with Crippen molar-refractivity contribution in [3.63, 3.8) is 0 Å². The highest BCUT2D eigenvalue weighted by atomic mass is 32.1. The Hall–Kier alpha value is -3.32. The summed E-state index contributed by atoms with van der Waals surface area (Å²) in [5.74, 6) is -0.412. The Balaban J connectivity index is 1.60. The zero-order valence-electron chi connectivity index (χ0n) is 14.5. The molecule has 6 nitrogen and oxygen atoms in total. The van der Waals surface area contributed by atoms with Gasteiger partial charge >= 0.3 is 0 Å². The van der Waals surface area contributed by atoms with Gasteiger partial charge < -0.3 is 0 Å². The van der Waals surface area contributed by atoms with E-state index in [-0.39, 0.29) is 11.3 Å². The summed E-state index contributed by atoms with van der Waals surface area (Å²) in [6.45, 7) is 2.11. The van der Waals surface area contributed by atoms with E-state index >= 15 is 0 Å². The number of thiazole rings is 1. The zero-order chi connectivity index (χ0) is 18.8. The van der Waals surface area contributed by atoms with Gasteiger partial charge in [-0.05, 0) is 18.1 Å². The fourth-order valence-electron chi connectivity index (χ4n) is 2.82. The van der Waals surface area contributed by atoms with Crippen LogP contribution >= 0.6 is 11.3 Å². The number of carbonyl (C=O) groups is 1. The van der Waals surface area contributed by atoms with Crippen molar-refractivity contribution in [2.45, 2.75) is 13.3 Å². The van der Waals surface area contributed by atoms with E-state index in [0.717, 1.165) is 17.7 Å². The molecular weight excluding hydrogens is 360 g/mol. The van der Waals surface area contributed by atoms with E-state index < -0.39 is 5.91 Å². The number of aromatic nitrogens is 3. The van der Waals surface area contributed by atoms with Crippen LogP contribution in [0.1, 0.15) is 23.0 Å². The lowest BCUT2D eigenvalue weighted by Crippen LogP contribution is -2.19. The number of carbonyl (C=O) groups excluding carboxylic acids is 1. The molecule has 4 rings (SSSR count). The molecule has 27 heavy (non-hydrogen) atoms. The number of aromatic amines is 1. The van der Waals surface area contributed by atoms with Gasteiger partial charge in [-0.3, -0.25) is 14.9 Å². The van der Waals surface area contributed by atoms with Crippen LogP contribution in [0.2, 0.25) is 0 Å². The number of hydrogen-bond acceptors (Lipinski definition) is 5. The Morgan fingerprint density at radius 2 is 1.85 bits per heavy atom. The molecule has 2 aromatic heterocycles. The van der Waals surface area contributed by atoms with Crippen molar-refractivity contribution in [1.82, 2.24) is 15.2 Å². The van der Waals surface area contributed by atoms with Gasteiger partial charge in [0.2, 0.25) is 0 Å². The van der Waals surface area contributed by atoms with Gasteiger partial charge in [0.15, 0.2) is 10.8 Å². The van der Waals surface area contributed by atoms with Gasteiger partial charge in [0.25, 0.3) is 11.5 Å².